The number of nitrogens with one attached hydrogen (secondary N) is 2. The van der Waals surface area contributed by atoms with Crippen molar-refractivity contribution in [2.45, 2.75) is 27.2 Å². The van der Waals surface area contributed by atoms with Crippen LogP contribution in [0.5, 0.6) is 0 Å². The number of hydrogen-bond acceptors (Lipinski definition) is 4. The van der Waals surface area contributed by atoms with Crippen molar-refractivity contribution in [1.29, 1.82) is 0 Å². The molecule has 1 heterocycles. The molecule has 0 spiro atoms. The molecule has 7 heteroatoms. The highest BCUT2D eigenvalue weighted by Gasteiger charge is 2.19. The van der Waals surface area contributed by atoms with Crippen molar-refractivity contribution in [3.05, 3.63) is 59.2 Å². The minimum atomic E-state index is -0.279. The smallest absolute Gasteiger partial charge is 0.255 e. The number of hydrogen-bond donors (Lipinski definition) is 2. The number of rotatable bonds is 6. The van der Waals surface area contributed by atoms with Gasteiger partial charge < -0.3 is 20.3 Å². The minimum absolute atomic E-state index is 0.0587. The Morgan fingerprint density at radius 3 is 2.26 bits per heavy atom. The van der Waals surface area contributed by atoms with E-state index < -0.39 is 0 Å². The molecule has 1 saturated heterocycles. The van der Waals surface area contributed by atoms with E-state index in [1.807, 2.05) is 32.9 Å². The van der Waals surface area contributed by atoms with Crippen LogP contribution in [-0.4, -0.2) is 48.9 Å². The third-order valence-electron chi connectivity index (χ3n) is 5.06. The Morgan fingerprint density at radius 2 is 1.61 bits per heavy atom. The lowest BCUT2D eigenvalue weighted by atomic mass is 10.1. The fraction of sp³-hybridized carbons (Fsp3) is 0.375. The van der Waals surface area contributed by atoms with E-state index in [1.54, 1.807) is 35.2 Å². The minimum Gasteiger partial charge on any atom is -0.378 e. The summed E-state index contributed by atoms with van der Waals surface area (Å²) in [4.78, 5) is 39.0. The number of morpholine rings is 1. The zero-order valence-electron chi connectivity index (χ0n) is 18.2. The molecule has 0 unspecified atom stereocenters. The summed E-state index contributed by atoms with van der Waals surface area (Å²) in [6.45, 7) is 8.10. The maximum absolute atomic E-state index is 12.7. The third kappa shape index (κ3) is 6.15. The number of carbonyl (C=O) groups is 3. The molecule has 0 atom stereocenters. The molecule has 0 aliphatic carbocycles. The lowest BCUT2D eigenvalue weighted by Gasteiger charge is -2.26. The van der Waals surface area contributed by atoms with Gasteiger partial charge in [0, 0.05) is 42.0 Å². The normalized spacial score (nSPS) is 13.7. The first kappa shape index (κ1) is 22.5. The van der Waals surface area contributed by atoms with Gasteiger partial charge in [-0.25, -0.2) is 0 Å². The monoisotopic (exact) mass is 423 g/mol. The fourth-order valence-corrected chi connectivity index (χ4v) is 3.32. The second-order valence-corrected chi connectivity index (χ2v) is 8.11. The maximum Gasteiger partial charge on any atom is 0.255 e. The number of carbonyl (C=O) groups excluding carboxylic acids is 3. The standard InChI is InChI=1S/C24H29N3O4/c1-16(2)14-22(28)25-20-9-4-17(3)21(15-20)26-23(29)18-5-7-19(8-6-18)24(30)27-10-12-31-13-11-27/h4-9,15-16H,10-14H2,1-3H3,(H,25,28)(H,26,29). The molecule has 3 amide bonds. The molecule has 0 aromatic heterocycles. The van der Waals surface area contributed by atoms with Crippen LogP contribution in [0.25, 0.3) is 0 Å². The molecule has 2 aromatic carbocycles. The van der Waals surface area contributed by atoms with Crippen LogP contribution in [-0.2, 0) is 9.53 Å². The number of ether oxygens (including phenoxy) is 1. The van der Waals surface area contributed by atoms with Crippen LogP contribution in [0.4, 0.5) is 11.4 Å². The van der Waals surface area contributed by atoms with E-state index in [9.17, 15) is 14.4 Å². The molecule has 0 radical (unpaired) electrons. The van der Waals surface area contributed by atoms with E-state index in [1.165, 1.54) is 0 Å². The van der Waals surface area contributed by atoms with Gasteiger partial charge in [0.25, 0.3) is 11.8 Å². The van der Waals surface area contributed by atoms with Gasteiger partial charge in [0.05, 0.1) is 13.2 Å². The van der Waals surface area contributed by atoms with Crippen molar-refractivity contribution in [3.8, 4) is 0 Å². The van der Waals surface area contributed by atoms with Gasteiger partial charge >= 0.3 is 0 Å². The molecule has 1 aliphatic heterocycles. The van der Waals surface area contributed by atoms with E-state index in [0.29, 0.717) is 55.2 Å². The summed E-state index contributed by atoms with van der Waals surface area (Å²) in [5, 5.41) is 5.75. The van der Waals surface area contributed by atoms with Gasteiger partial charge in [-0.15, -0.1) is 0 Å². The first-order valence-electron chi connectivity index (χ1n) is 10.5. The van der Waals surface area contributed by atoms with E-state index in [0.717, 1.165) is 5.56 Å². The Labute approximate surface area is 182 Å². The van der Waals surface area contributed by atoms with Gasteiger partial charge in [-0.05, 0) is 54.8 Å². The second kappa shape index (κ2) is 10.2. The van der Waals surface area contributed by atoms with E-state index in [4.69, 9.17) is 4.74 Å². The number of anilines is 2. The van der Waals surface area contributed by atoms with Crippen LogP contribution in [0.1, 0.15) is 46.5 Å². The van der Waals surface area contributed by atoms with Crippen molar-refractivity contribution < 1.29 is 19.1 Å². The maximum atomic E-state index is 12.7. The molecule has 31 heavy (non-hydrogen) atoms. The molecule has 7 nitrogen and oxygen atoms in total. The quantitative estimate of drug-likeness (QED) is 0.742. The summed E-state index contributed by atoms with van der Waals surface area (Å²) in [7, 11) is 0. The zero-order chi connectivity index (χ0) is 22.4. The molecule has 2 N–H and O–H groups in total. The van der Waals surface area contributed by atoms with Crippen molar-refractivity contribution in [2.24, 2.45) is 5.92 Å². The lowest BCUT2D eigenvalue weighted by molar-refractivity contribution is -0.116. The molecule has 3 rings (SSSR count). The number of aryl methyl sites for hydroxylation is 1. The topological polar surface area (TPSA) is 87.7 Å². The van der Waals surface area contributed by atoms with E-state index in [2.05, 4.69) is 10.6 Å². The van der Waals surface area contributed by atoms with Crippen LogP contribution >= 0.6 is 0 Å². The predicted molar refractivity (Wildman–Crippen MR) is 120 cm³/mol. The van der Waals surface area contributed by atoms with Gasteiger partial charge in [0.2, 0.25) is 5.91 Å². The van der Waals surface area contributed by atoms with Gasteiger partial charge in [0.1, 0.15) is 0 Å². The van der Waals surface area contributed by atoms with Crippen LogP contribution in [0.3, 0.4) is 0 Å². The third-order valence-corrected chi connectivity index (χ3v) is 5.06. The average molecular weight is 424 g/mol. The molecule has 2 aromatic rings. The molecular weight excluding hydrogens is 394 g/mol. The first-order valence-corrected chi connectivity index (χ1v) is 10.5. The highest BCUT2D eigenvalue weighted by molar-refractivity contribution is 6.06. The van der Waals surface area contributed by atoms with Gasteiger partial charge in [0.15, 0.2) is 0 Å². The number of benzene rings is 2. The Balaban J connectivity index is 1.66. The second-order valence-electron chi connectivity index (χ2n) is 8.11. The van der Waals surface area contributed by atoms with Crippen LogP contribution in [0, 0.1) is 12.8 Å². The summed E-state index contributed by atoms with van der Waals surface area (Å²) in [5.74, 6) is -0.130. The summed E-state index contributed by atoms with van der Waals surface area (Å²) < 4.78 is 5.28. The fourth-order valence-electron chi connectivity index (χ4n) is 3.32. The largest absolute Gasteiger partial charge is 0.378 e. The lowest BCUT2D eigenvalue weighted by Crippen LogP contribution is -2.40. The van der Waals surface area contributed by atoms with E-state index in [-0.39, 0.29) is 23.6 Å². The molecule has 0 saturated carbocycles. The number of nitrogens with zero attached hydrogens (tertiary/aromatic N) is 1. The molecule has 0 bridgehead atoms. The summed E-state index contributed by atoms with van der Waals surface area (Å²) in [6, 6.07) is 12.0. The van der Waals surface area contributed by atoms with Crippen molar-refractivity contribution >= 4 is 29.1 Å². The predicted octanol–water partition coefficient (Wildman–Crippen LogP) is 3.70. The van der Waals surface area contributed by atoms with Crippen LogP contribution in [0.2, 0.25) is 0 Å². The van der Waals surface area contributed by atoms with Crippen molar-refractivity contribution in [3.63, 3.8) is 0 Å². The van der Waals surface area contributed by atoms with Crippen molar-refractivity contribution in [1.82, 2.24) is 4.90 Å². The Bertz CT molecular complexity index is 948. The molecule has 1 aliphatic rings. The summed E-state index contributed by atoms with van der Waals surface area (Å²) in [5.41, 5.74) is 3.14. The van der Waals surface area contributed by atoms with Gasteiger partial charge in [-0.3, -0.25) is 14.4 Å². The molecule has 1 fully saturated rings. The van der Waals surface area contributed by atoms with Gasteiger partial charge in [-0.1, -0.05) is 19.9 Å². The molecule has 164 valence electrons. The zero-order valence-corrected chi connectivity index (χ0v) is 18.2. The molecular formula is C24H29N3O4. The van der Waals surface area contributed by atoms with Crippen LogP contribution < -0.4 is 10.6 Å². The average Bonchev–Trinajstić information content (AvgIpc) is 2.75. The Hall–Kier alpha value is -3.19. The van der Waals surface area contributed by atoms with E-state index >= 15 is 0 Å². The van der Waals surface area contributed by atoms with Crippen LogP contribution in [0.15, 0.2) is 42.5 Å². The first-order chi connectivity index (χ1) is 14.8. The summed E-state index contributed by atoms with van der Waals surface area (Å²) in [6.07, 6.45) is 0.436. The number of amides is 3. The van der Waals surface area contributed by atoms with Gasteiger partial charge in [-0.2, -0.15) is 0 Å². The highest BCUT2D eigenvalue weighted by Crippen LogP contribution is 2.22. The van der Waals surface area contributed by atoms with Crippen molar-refractivity contribution in [2.75, 3.05) is 36.9 Å². The SMILES string of the molecule is Cc1ccc(NC(=O)CC(C)C)cc1NC(=O)c1ccc(C(=O)N2CCOCC2)cc1. The summed E-state index contributed by atoms with van der Waals surface area (Å²) >= 11 is 0. The Morgan fingerprint density at radius 1 is 0.968 bits per heavy atom. The highest BCUT2D eigenvalue weighted by atomic mass is 16.5. The Kier molecular flexibility index (Phi) is 7.41.